The SMILES string of the molecule is [CH2]c1ccc(OC(C)C)c(C(F)(F)F)c1. The fraction of sp³-hybridized carbons (Fsp3) is 0.364. The summed E-state index contributed by atoms with van der Waals surface area (Å²) in [5.41, 5.74) is -0.456. The molecule has 0 aliphatic rings. The van der Waals surface area contributed by atoms with Crippen LogP contribution < -0.4 is 4.74 Å². The first kappa shape index (κ1) is 11.9. The van der Waals surface area contributed by atoms with Gasteiger partial charge in [0.1, 0.15) is 5.75 Å². The van der Waals surface area contributed by atoms with Crippen LogP contribution in [0.4, 0.5) is 13.2 Å². The van der Waals surface area contributed by atoms with Gasteiger partial charge in [-0.15, -0.1) is 0 Å². The average Bonchev–Trinajstić information content (AvgIpc) is 2.05. The lowest BCUT2D eigenvalue weighted by Gasteiger charge is -2.16. The summed E-state index contributed by atoms with van der Waals surface area (Å²) >= 11 is 0. The molecular weight excluding hydrogens is 205 g/mol. The molecule has 0 atom stereocenters. The molecule has 0 aliphatic heterocycles. The van der Waals surface area contributed by atoms with Gasteiger partial charge in [-0.1, -0.05) is 6.07 Å². The van der Waals surface area contributed by atoms with E-state index in [0.29, 0.717) is 5.56 Å². The van der Waals surface area contributed by atoms with Gasteiger partial charge in [0.05, 0.1) is 11.7 Å². The number of hydrogen-bond donors (Lipinski definition) is 0. The molecule has 0 amide bonds. The molecule has 83 valence electrons. The third-order valence-electron chi connectivity index (χ3n) is 1.71. The van der Waals surface area contributed by atoms with Crippen molar-refractivity contribution in [1.29, 1.82) is 0 Å². The highest BCUT2D eigenvalue weighted by Crippen LogP contribution is 2.37. The summed E-state index contributed by atoms with van der Waals surface area (Å²) in [5.74, 6) is -0.148. The Morgan fingerprint density at radius 3 is 2.33 bits per heavy atom. The van der Waals surface area contributed by atoms with Gasteiger partial charge in [0.25, 0.3) is 0 Å². The van der Waals surface area contributed by atoms with Crippen molar-refractivity contribution in [1.82, 2.24) is 0 Å². The van der Waals surface area contributed by atoms with Crippen molar-refractivity contribution in [2.75, 3.05) is 0 Å². The first-order chi connectivity index (χ1) is 6.80. The molecule has 0 unspecified atom stereocenters. The maximum absolute atomic E-state index is 12.6. The number of halogens is 3. The predicted octanol–water partition coefficient (Wildman–Crippen LogP) is 3.67. The van der Waals surface area contributed by atoms with Gasteiger partial charge < -0.3 is 4.74 Å². The predicted molar refractivity (Wildman–Crippen MR) is 51.7 cm³/mol. The fourth-order valence-electron chi connectivity index (χ4n) is 1.16. The van der Waals surface area contributed by atoms with Crippen LogP contribution in [0.15, 0.2) is 18.2 Å². The largest absolute Gasteiger partial charge is 0.490 e. The van der Waals surface area contributed by atoms with E-state index in [1.807, 2.05) is 0 Å². The van der Waals surface area contributed by atoms with Gasteiger partial charge >= 0.3 is 6.18 Å². The van der Waals surface area contributed by atoms with Crippen LogP contribution in [-0.4, -0.2) is 6.10 Å². The van der Waals surface area contributed by atoms with Crippen molar-refractivity contribution in [3.63, 3.8) is 0 Å². The number of alkyl halides is 3. The Labute approximate surface area is 86.9 Å². The van der Waals surface area contributed by atoms with E-state index >= 15 is 0 Å². The molecule has 0 saturated heterocycles. The molecule has 0 heterocycles. The second kappa shape index (κ2) is 4.13. The van der Waals surface area contributed by atoms with Gasteiger partial charge in [0.2, 0.25) is 0 Å². The molecule has 1 aromatic carbocycles. The van der Waals surface area contributed by atoms with Crippen molar-refractivity contribution in [3.8, 4) is 5.75 Å². The summed E-state index contributed by atoms with van der Waals surface area (Å²) in [6.45, 7) is 6.82. The molecule has 0 saturated carbocycles. The molecule has 0 aromatic heterocycles. The monoisotopic (exact) mass is 217 g/mol. The van der Waals surface area contributed by atoms with Gasteiger partial charge in [-0.25, -0.2) is 0 Å². The summed E-state index contributed by atoms with van der Waals surface area (Å²) in [7, 11) is 0. The van der Waals surface area contributed by atoms with Crippen LogP contribution >= 0.6 is 0 Å². The zero-order valence-electron chi connectivity index (χ0n) is 8.56. The minimum absolute atomic E-state index is 0.148. The number of ether oxygens (including phenoxy) is 1. The van der Waals surface area contributed by atoms with Crippen molar-refractivity contribution in [2.45, 2.75) is 26.1 Å². The van der Waals surface area contributed by atoms with Crippen LogP contribution in [0.25, 0.3) is 0 Å². The van der Waals surface area contributed by atoms with Crippen molar-refractivity contribution < 1.29 is 17.9 Å². The maximum atomic E-state index is 12.6. The normalized spacial score (nSPS) is 11.9. The molecule has 0 bridgehead atoms. The van der Waals surface area contributed by atoms with Crippen LogP contribution in [0.3, 0.4) is 0 Å². The minimum atomic E-state index is -4.40. The van der Waals surface area contributed by atoms with Gasteiger partial charge in [0.15, 0.2) is 0 Å². The molecule has 1 aromatic rings. The van der Waals surface area contributed by atoms with Gasteiger partial charge in [-0.3, -0.25) is 0 Å². The summed E-state index contributed by atoms with van der Waals surface area (Å²) < 4.78 is 42.8. The topological polar surface area (TPSA) is 9.23 Å². The Balaban J connectivity index is 3.15. The first-order valence-corrected chi connectivity index (χ1v) is 4.50. The number of benzene rings is 1. The summed E-state index contributed by atoms with van der Waals surface area (Å²) in [5, 5.41) is 0. The second-order valence-corrected chi connectivity index (χ2v) is 3.49. The lowest BCUT2D eigenvalue weighted by Crippen LogP contribution is -2.13. The van der Waals surface area contributed by atoms with Crippen molar-refractivity contribution >= 4 is 0 Å². The second-order valence-electron chi connectivity index (χ2n) is 3.49. The average molecular weight is 217 g/mol. The molecule has 15 heavy (non-hydrogen) atoms. The van der Waals surface area contributed by atoms with Crippen LogP contribution in [0, 0.1) is 6.92 Å². The van der Waals surface area contributed by atoms with E-state index in [1.165, 1.54) is 12.1 Å². The Morgan fingerprint density at radius 1 is 1.27 bits per heavy atom. The van der Waals surface area contributed by atoms with E-state index in [0.717, 1.165) is 6.07 Å². The van der Waals surface area contributed by atoms with E-state index in [-0.39, 0.29) is 11.9 Å². The van der Waals surface area contributed by atoms with Crippen molar-refractivity contribution in [2.24, 2.45) is 0 Å². The Morgan fingerprint density at radius 2 is 1.87 bits per heavy atom. The van der Waals surface area contributed by atoms with E-state index in [2.05, 4.69) is 6.92 Å². The van der Waals surface area contributed by atoms with Gasteiger partial charge in [-0.2, -0.15) is 13.2 Å². The van der Waals surface area contributed by atoms with Crippen LogP contribution in [0.2, 0.25) is 0 Å². The quantitative estimate of drug-likeness (QED) is 0.734. The third-order valence-corrected chi connectivity index (χ3v) is 1.71. The fourth-order valence-corrected chi connectivity index (χ4v) is 1.16. The molecule has 1 nitrogen and oxygen atoms in total. The summed E-state index contributed by atoms with van der Waals surface area (Å²) in [4.78, 5) is 0. The Kier molecular flexibility index (Phi) is 3.27. The highest BCUT2D eigenvalue weighted by Gasteiger charge is 2.34. The van der Waals surface area contributed by atoms with E-state index < -0.39 is 11.7 Å². The molecule has 1 rings (SSSR count). The molecule has 0 N–H and O–H groups in total. The van der Waals surface area contributed by atoms with E-state index in [4.69, 9.17) is 4.74 Å². The summed E-state index contributed by atoms with van der Waals surface area (Å²) in [6, 6.07) is 3.77. The smallest absolute Gasteiger partial charge is 0.419 e. The molecule has 0 aliphatic carbocycles. The first-order valence-electron chi connectivity index (χ1n) is 4.50. The Bertz CT molecular complexity index is 342. The van der Waals surface area contributed by atoms with Gasteiger partial charge in [0, 0.05) is 0 Å². The zero-order chi connectivity index (χ0) is 11.6. The highest BCUT2D eigenvalue weighted by atomic mass is 19.4. The standard InChI is InChI=1S/C11H12F3O/c1-7(2)15-10-5-4-8(3)6-9(10)11(12,13)14/h4-7H,3H2,1-2H3. The minimum Gasteiger partial charge on any atom is -0.490 e. The van der Waals surface area contributed by atoms with Crippen LogP contribution in [0.1, 0.15) is 25.0 Å². The van der Waals surface area contributed by atoms with Crippen LogP contribution in [0.5, 0.6) is 5.75 Å². The van der Waals surface area contributed by atoms with E-state index in [9.17, 15) is 13.2 Å². The zero-order valence-corrected chi connectivity index (χ0v) is 8.56. The molecular formula is C11H12F3O. The number of rotatable bonds is 2. The maximum Gasteiger partial charge on any atom is 0.419 e. The Hall–Kier alpha value is -1.19. The van der Waals surface area contributed by atoms with Gasteiger partial charge in [-0.05, 0) is 38.5 Å². The van der Waals surface area contributed by atoms with E-state index in [1.54, 1.807) is 13.8 Å². The number of hydrogen-bond acceptors (Lipinski definition) is 1. The highest BCUT2D eigenvalue weighted by molar-refractivity contribution is 5.40. The molecule has 1 radical (unpaired) electrons. The molecule has 4 heteroatoms. The van der Waals surface area contributed by atoms with Crippen molar-refractivity contribution in [3.05, 3.63) is 36.2 Å². The molecule has 0 fully saturated rings. The lowest BCUT2D eigenvalue weighted by molar-refractivity contribution is -0.139. The summed E-state index contributed by atoms with van der Waals surface area (Å²) in [6.07, 6.45) is -4.69. The lowest BCUT2D eigenvalue weighted by atomic mass is 10.1. The third kappa shape index (κ3) is 3.15. The molecule has 0 spiro atoms. The van der Waals surface area contributed by atoms with Crippen LogP contribution in [-0.2, 0) is 6.18 Å².